The van der Waals surface area contributed by atoms with E-state index in [1.807, 2.05) is 6.07 Å². The van der Waals surface area contributed by atoms with Crippen molar-refractivity contribution in [1.82, 2.24) is 0 Å². The second-order valence-electron chi connectivity index (χ2n) is 6.84. The average molecular weight is 382 g/mol. The van der Waals surface area contributed by atoms with Gasteiger partial charge in [0.15, 0.2) is 6.10 Å². The molecular weight excluding hydrogens is 360 g/mol. The van der Waals surface area contributed by atoms with Crippen molar-refractivity contribution in [3.63, 3.8) is 0 Å². The highest BCUT2D eigenvalue weighted by atomic mass is 16.5. The Kier molecular flexibility index (Phi) is 5.63. The number of amides is 2. The molecule has 146 valence electrons. The van der Waals surface area contributed by atoms with E-state index < -0.39 is 18.0 Å². The van der Waals surface area contributed by atoms with E-state index >= 15 is 0 Å². The molecule has 0 saturated carbocycles. The van der Waals surface area contributed by atoms with E-state index in [0.29, 0.717) is 23.5 Å². The van der Waals surface area contributed by atoms with Crippen LogP contribution in [0.5, 0.6) is 5.75 Å². The number of anilines is 2. The van der Waals surface area contributed by atoms with Crippen LogP contribution in [-0.4, -0.2) is 35.5 Å². The summed E-state index contributed by atoms with van der Waals surface area (Å²) in [6.07, 6.45) is -0.237. The summed E-state index contributed by atoms with van der Waals surface area (Å²) in [5.41, 5.74) is 2.02. The summed E-state index contributed by atoms with van der Waals surface area (Å²) in [4.78, 5) is 37.3. The van der Waals surface area contributed by atoms with E-state index in [2.05, 4.69) is 5.32 Å². The highest BCUT2D eigenvalue weighted by Crippen LogP contribution is 2.33. The maximum Gasteiger partial charge on any atom is 0.306 e. The second-order valence-corrected chi connectivity index (χ2v) is 6.84. The van der Waals surface area contributed by atoms with Crippen LogP contribution in [0.2, 0.25) is 0 Å². The molecule has 2 aromatic rings. The summed E-state index contributed by atoms with van der Waals surface area (Å²) >= 11 is 0. The minimum Gasteiger partial charge on any atom is -0.481 e. The van der Waals surface area contributed by atoms with Gasteiger partial charge in [-0.25, -0.2) is 0 Å². The number of benzene rings is 2. The number of fused-ring (bicyclic) bond motifs is 1. The number of para-hydroxylation sites is 2. The number of carbonyl (C=O) groups is 3. The summed E-state index contributed by atoms with van der Waals surface area (Å²) in [6.45, 7) is 3.18. The molecule has 1 aliphatic heterocycles. The molecule has 0 spiro atoms. The van der Waals surface area contributed by atoms with Gasteiger partial charge in [-0.15, -0.1) is 0 Å². The van der Waals surface area contributed by atoms with Crippen LogP contribution in [0.15, 0.2) is 48.5 Å². The lowest BCUT2D eigenvalue weighted by atomic mass is 10.0. The van der Waals surface area contributed by atoms with Gasteiger partial charge in [0.05, 0.1) is 11.6 Å². The standard InChI is InChI=1S/C21H22N2O5/c1-13(21(26)27)11-15-7-9-16(10-8-15)22-19(24)12-23-17-5-3-4-6-18(17)28-14(2)20(23)25/h3-10,13-14H,11-12H2,1-2H3,(H,22,24)(H,26,27). The van der Waals surface area contributed by atoms with Crippen LogP contribution < -0.4 is 15.0 Å². The summed E-state index contributed by atoms with van der Waals surface area (Å²) < 4.78 is 5.57. The predicted molar refractivity (Wildman–Crippen MR) is 104 cm³/mol. The number of nitrogens with zero attached hydrogens (tertiary/aromatic N) is 1. The average Bonchev–Trinajstić information content (AvgIpc) is 2.67. The fourth-order valence-corrected chi connectivity index (χ4v) is 3.03. The van der Waals surface area contributed by atoms with Crippen molar-refractivity contribution in [1.29, 1.82) is 0 Å². The molecule has 0 bridgehead atoms. The van der Waals surface area contributed by atoms with Gasteiger partial charge in [-0.3, -0.25) is 19.3 Å². The minimum absolute atomic E-state index is 0.124. The third kappa shape index (κ3) is 4.31. The van der Waals surface area contributed by atoms with Crippen LogP contribution in [0.4, 0.5) is 11.4 Å². The van der Waals surface area contributed by atoms with Gasteiger partial charge in [0.1, 0.15) is 12.3 Å². The van der Waals surface area contributed by atoms with Gasteiger partial charge in [0.2, 0.25) is 5.91 Å². The SMILES string of the molecule is CC(Cc1ccc(NC(=O)CN2C(=O)C(C)Oc3ccccc32)cc1)C(=O)O. The zero-order valence-corrected chi connectivity index (χ0v) is 15.7. The molecule has 0 fully saturated rings. The maximum atomic E-state index is 12.5. The zero-order chi connectivity index (χ0) is 20.3. The van der Waals surface area contributed by atoms with E-state index in [4.69, 9.17) is 9.84 Å². The fraction of sp³-hybridized carbons (Fsp3) is 0.286. The maximum absolute atomic E-state index is 12.5. The summed E-state index contributed by atoms with van der Waals surface area (Å²) in [5.74, 6) is -1.35. The lowest BCUT2D eigenvalue weighted by Crippen LogP contribution is -2.47. The normalized spacial score (nSPS) is 16.7. The lowest BCUT2D eigenvalue weighted by Gasteiger charge is -2.32. The highest BCUT2D eigenvalue weighted by molar-refractivity contribution is 6.06. The van der Waals surface area contributed by atoms with Gasteiger partial charge >= 0.3 is 5.97 Å². The van der Waals surface area contributed by atoms with Gasteiger partial charge in [0.25, 0.3) is 5.91 Å². The molecule has 7 heteroatoms. The third-order valence-electron chi connectivity index (χ3n) is 4.58. The second kappa shape index (κ2) is 8.12. The molecule has 0 radical (unpaired) electrons. The van der Waals surface area contributed by atoms with Crippen molar-refractivity contribution in [3.8, 4) is 5.75 Å². The van der Waals surface area contributed by atoms with E-state index in [1.54, 1.807) is 56.3 Å². The van der Waals surface area contributed by atoms with Gasteiger partial charge in [-0.05, 0) is 43.2 Å². The molecule has 2 unspecified atom stereocenters. The van der Waals surface area contributed by atoms with Crippen molar-refractivity contribution < 1.29 is 24.2 Å². The van der Waals surface area contributed by atoms with E-state index in [0.717, 1.165) is 5.56 Å². The van der Waals surface area contributed by atoms with Crippen molar-refractivity contribution in [2.75, 3.05) is 16.8 Å². The van der Waals surface area contributed by atoms with Crippen molar-refractivity contribution >= 4 is 29.2 Å². The first kappa shape index (κ1) is 19.4. The third-order valence-corrected chi connectivity index (χ3v) is 4.58. The number of carbonyl (C=O) groups excluding carboxylic acids is 2. The number of carboxylic acids is 1. The van der Waals surface area contributed by atoms with E-state index in [9.17, 15) is 14.4 Å². The molecule has 28 heavy (non-hydrogen) atoms. The number of hydrogen-bond donors (Lipinski definition) is 2. The Labute approximate surface area is 162 Å². The van der Waals surface area contributed by atoms with Gasteiger partial charge in [-0.1, -0.05) is 31.2 Å². The Morgan fingerprint density at radius 2 is 1.86 bits per heavy atom. The fourth-order valence-electron chi connectivity index (χ4n) is 3.03. The summed E-state index contributed by atoms with van der Waals surface area (Å²) in [6, 6.07) is 14.1. The van der Waals surface area contributed by atoms with Crippen LogP contribution >= 0.6 is 0 Å². The first-order valence-electron chi connectivity index (χ1n) is 9.04. The van der Waals surface area contributed by atoms with Gasteiger partial charge in [0, 0.05) is 5.69 Å². The van der Waals surface area contributed by atoms with E-state index in [1.165, 1.54) is 4.90 Å². The monoisotopic (exact) mass is 382 g/mol. The number of aliphatic carboxylic acids is 1. The minimum atomic E-state index is -0.845. The first-order valence-corrected chi connectivity index (χ1v) is 9.04. The van der Waals surface area contributed by atoms with Crippen molar-refractivity contribution in [2.45, 2.75) is 26.4 Å². The largest absolute Gasteiger partial charge is 0.481 e. The first-order chi connectivity index (χ1) is 13.3. The van der Waals surface area contributed by atoms with Gasteiger partial charge in [-0.2, -0.15) is 0 Å². The van der Waals surface area contributed by atoms with Crippen molar-refractivity contribution in [3.05, 3.63) is 54.1 Å². The number of carboxylic acid groups (broad SMARTS) is 1. The number of ether oxygens (including phenoxy) is 1. The van der Waals surface area contributed by atoms with E-state index in [-0.39, 0.29) is 18.4 Å². The molecule has 2 aromatic carbocycles. The topological polar surface area (TPSA) is 95.9 Å². The lowest BCUT2D eigenvalue weighted by molar-refractivity contribution is -0.141. The van der Waals surface area contributed by atoms with Crippen molar-refractivity contribution in [2.24, 2.45) is 5.92 Å². The highest BCUT2D eigenvalue weighted by Gasteiger charge is 2.32. The molecule has 3 rings (SSSR count). The quantitative estimate of drug-likeness (QED) is 0.801. The van der Waals surface area contributed by atoms with Crippen LogP contribution in [0.3, 0.4) is 0 Å². The predicted octanol–water partition coefficient (Wildman–Crippen LogP) is 2.70. The Morgan fingerprint density at radius 3 is 2.54 bits per heavy atom. The molecule has 1 heterocycles. The Bertz CT molecular complexity index is 894. The molecule has 0 saturated heterocycles. The number of hydrogen-bond acceptors (Lipinski definition) is 4. The number of nitrogens with one attached hydrogen (secondary N) is 1. The molecule has 0 aliphatic carbocycles. The Balaban J connectivity index is 1.66. The van der Waals surface area contributed by atoms with Gasteiger partial charge < -0.3 is 15.2 Å². The van der Waals surface area contributed by atoms with Crippen LogP contribution in [0, 0.1) is 5.92 Å². The zero-order valence-electron chi connectivity index (χ0n) is 15.7. The molecule has 0 aromatic heterocycles. The Morgan fingerprint density at radius 1 is 1.18 bits per heavy atom. The van der Waals surface area contributed by atoms with Crippen LogP contribution in [0.1, 0.15) is 19.4 Å². The molecule has 2 N–H and O–H groups in total. The molecule has 2 atom stereocenters. The Hall–Kier alpha value is -3.35. The van der Waals surface area contributed by atoms with Crippen LogP contribution in [0.25, 0.3) is 0 Å². The van der Waals surface area contributed by atoms with Crippen LogP contribution in [-0.2, 0) is 20.8 Å². The summed E-state index contributed by atoms with van der Waals surface area (Å²) in [5, 5.41) is 11.8. The number of rotatable bonds is 6. The molecule has 7 nitrogen and oxygen atoms in total. The smallest absolute Gasteiger partial charge is 0.306 e. The molecule has 1 aliphatic rings. The summed E-state index contributed by atoms with van der Waals surface area (Å²) in [7, 11) is 0. The molecular formula is C21H22N2O5. The molecule has 2 amide bonds.